The molecule has 2 aromatic heterocycles. The Morgan fingerprint density at radius 2 is 1.95 bits per heavy atom. The summed E-state index contributed by atoms with van der Waals surface area (Å²) >= 11 is 0. The number of amides is 2. The van der Waals surface area contributed by atoms with Gasteiger partial charge in [-0.3, -0.25) is 9.36 Å². The number of benzene rings is 2. The van der Waals surface area contributed by atoms with Crippen LogP contribution in [0.25, 0.3) is 16.7 Å². The highest BCUT2D eigenvalue weighted by atomic mass is 16.6. The van der Waals surface area contributed by atoms with Gasteiger partial charge in [-0.1, -0.05) is 12.1 Å². The van der Waals surface area contributed by atoms with Gasteiger partial charge in [0.15, 0.2) is 0 Å². The van der Waals surface area contributed by atoms with Crippen molar-refractivity contribution in [3.8, 4) is 23.4 Å². The molecule has 10 heteroatoms. The average molecular weight is 539 g/mol. The third-order valence-corrected chi connectivity index (χ3v) is 6.31. The van der Waals surface area contributed by atoms with Gasteiger partial charge in [-0.25, -0.2) is 14.8 Å². The zero-order valence-corrected chi connectivity index (χ0v) is 22.9. The van der Waals surface area contributed by atoms with Crippen LogP contribution in [0, 0.1) is 11.3 Å². The van der Waals surface area contributed by atoms with E-state index in [9.17, 15) is 14.9 Å². The Morgan fingerprint density at radius 3 is 2.70 bits per heavy atom. The van der Waals surface area contributed by atoms with Crippen molar-refractivity contribution in [2.24, 2.45) is 0 Å². The second-order valence-electron chi connectivity index (χ2n) is 10.6. The monoisotopic (exact) mass is 538 g/mol. The molecule has 0 fully saturated rings. The number of fused-ring (bicyclic) bond motifs is 2. The maximum atomic E-state index is 12.7. The van der Waals surface area contributed by atoms with Crippen LogP contribution in [0.15, 0.2) is 54.7 Å². The first-order chi connectivity index (χ1) is 19.1. The van der Waals surface area contributed by atoms with E-state index in [1.807, 2.05) is 37.5 Å². The van der Waals surface area contributed by atoms with Crippen LogP contribution in [0.5, 0.6) is 11.6 Å². The van der Waals surface area contributed by atoms with Crippen LogP contribution < -0.4 is 10.1 Å². The van der Waals surface area contributed by atoms with E-state index < -0.39 is 5.60 Å². The van der Waals surface area contributed by atoms with Crippen molar-refractivity contribution < 1.29 is 19.1 Å². The number of hydrogen-bond acceptors (Lipinski definition) is 7. The van der Waals surface area contributed by atoms with Gasteiger partial charge in [-0.15, -0.1) is 0 Å². The Labute approximate surface area is 232 Å². The van der Waals surface area contributed by atoms with Gasteiger partial charge in [0.2, 0.25) is 11.8 Å². The second-order valence-corrected chi connectivity index (χ2v) is 10.6. The fourth-order valence-electron chi connectivity index (χ4n) is 4.67. The molecule has 3 heterocycles. The number of carbonyl (C=O) groups is 2. The van der Waals surface area contributed by atoms with Crippen molar-refractivity contribution in [2.45, 2.75) is 52.7 Å². The standard InChI is InChI=1S/C30H30N6O4/c1-19(37)33-22-6-5-7-24(15-22)39-28-16-26-25(17-32-28)34-27(10-12-31)36(26)23-9-8-20-11-13-35(18-21(20)14-23)29(38)40-30(2,3)4/h5-9,14-17H,10-11,13,18H2,1-4H3,(H,33,37). The van der Waals surface area contributed by atoms with Crippen LogP contribution in [0.1, 0.15) is 44.6 Å². The number of nitriles is 1. The number of imidazole rings is 1. The third kappa shape index (κ3) is 5.89. The molecular weight excluding hydrogens is 508 g/mol. The Kier molecular flexibility index (Phi) is 7.13. The first kappa shape index (κ1) is 26.7. The molecule has 2 amide bonds. The van der Waals surface area contributed by atoms with Crippen LogP contribution >= 0.6 is 0 Å². The van der Waals surface area contributed by atoms with E-state index >= 15 is 0 Å². The zero-order chi connectivity index (χ0) is 28.4. The number of nitrogens with one attached hydrogen (secondary N) is 1. The number of carbonyl (C=O) groups excluding carboxylic acids is 2. The SMILES string of the molecule is CC(=O)Nc1cccc(Oc2cc3c(cn2)nc(CC#N)n3-c2ccc3c(c2)CN(C(=O)OC(C)(C)C)CC3)c1. The van der Waals surface area contributed by atoms with E-state index in [2.05, 4.69) is 27.4 Å². The van der Waals surface area contributed by atoms with Crippen LogP contribution in [0.3, 0.4) is 0 Å². The van der Waals surface area contributed by atoms with Gasteiger partial charge in [0.25, 0.3) is 0 Å². The highest BCUT2D eigenvalue weighted by Crippen LogP contribution is 2.30. The van der Waals surface area contributed by atoms with Crippen LogP contribution in [-0.2, 0) is 28.9 Å². The van der Waals surface area contributed by atoms with E-state index in [0.29, 0.717) is 41.7 Å². The largest absolute Gasteiger partial charge is 0.444 e. The van der Waals surface area contributed by atoms with Crippen LogP contribution in [-0.4, -0.2) is 43.6 Å². The highest BCUT2D eigenvalue weighted by Gasteiger charge is 2.26. The predicted molar refractivity (Wildman–Crippen MR) is 149 cm³/mol. The fourth-order valence-corrected chi connectivity index (χ4v) is 4.67. The summed E-state index contributed by atoms with van der Waals surface area (Å²) in [4.78, 5) is 34.9. The molecule has 0 saturated heterocycles. The Bertz CT molecular complexity index is 1650. The molecule has 5 rings (SSSR count). The molecule has 204 valence electrons. The van der Waals surface area contributed by atoms with Gasteiger partial charge in [0, 0.05) is 43.5 Å². The molecule has 1 N–H and O–H groups in total. The fraction of sp³-hybridized carbons (Fsp3) is 0.300. The quantitative estimate of drug-likeness (QED) is 0.354. The molecule has 0 aliphatic carbocycles. The van der Waals surface area contributed by atoms with Crippen molar-refractivity contribution in [1.82, 2.24) is 19.4 Å². The predicted octanol–water partition coefficient (Wildman–Crippen LogP) is 5.53. The minimum atomic E-state index is -0.569. The summed E-state index contributed by atoms with van der Waals surface area (Å²) in [5, 5.41) is 12.2. The molecule has 0 radical (unpaired) electrons. The van der Waals surface area contributed by atoms with Gasteiger partial charge in [0.1, 0.15) is 22.7 Å². The molecule has 0 unspecified atom stereocenters. The first-order valence-corrected chi connectivity index (χ1v) is 13.0. The number of nitrogens with zero attached hydrogens (tertiary/aromatic N) is 5. The smallest absolute Gasteiger partial charge is 0.410 e. The molecule has 0 spiro atoms. The summed E-state index contributed by atoms with van der Waals surface area (Å²) < 4.78 is 13.5. The molecule has 0 saturated carbocycles. The van der Waals surface area contributed by atoms with Gasteiger partial charge < -0.3 is 19.7 Å². The van der Waals surface area contributed by atoms with Crippen LogP contribution in [0.4, 0.5) is 10.5 Å². The van der Waals surface area contributed by atoms with E-state index in [4.69, 9.17) is 9.47 Å². The average Bonchev–Trinajstić information content (AvgIpc) is 3.24. The molecule has 1 aliphatic rings. The molecule has 40 heavy (non-hydrogen) atoms. The summed E-state index contributed by atoms with van der Waals surface area (Å²) in [6, 6.07) is 17.1. The van der Waals surface area contributed by atoms with Crippen molar-refractivity contribution >= 4 is 28.7 Å². The molecule has 0 bridgehead atoms. The summed E-state index contributed by atoms with van der Waals surface area (Å²) in [6.45, 7) is 8.03. The minimum absolute atomic E-state index is 0.102. The minimum Gasteiger partial charge on any atom is -0.444 e. The van der Waals surface area contributed by atoms with Gasteiger partial charge in [0.05, 0.1) is 24.2 Å². The summed E-state index contributed by atoms with van der Waals surface area (Å²) in [5.41, 5.74) is 4.40. The van der Waals surface area contributed by atoms with Crippen LogP contribution in [0.2, 0.25) is 0 Å². The van der Waals surface area contributed by atoms with Crippen molar-refractivity contribution in [1.29, 1.82) is 5.26 Å². The maximum absolute atomic E-state index is 12.7. The van der Waals surface area contributed by atoms with E-state index in [1.165, 1.54) is 12.5 Å². The number of rotatable bonds is 5. The van der Waals surface area contributed by atoms with Crippen molar-refractivity contribution in [2.75, 3.05) is 11.9 Å². The van der Waals surface area contributed by atoms with E-state index in [-0.39, 0.29) is 18.4 Å². The number of pyridine rings is 1. The molecule has 1 aliphatic heterocycles. The van der Waals surface area contributed by atoms with Gasteiger partial charge in [-0.05, 0) is 62.6 Å². The summed E-state index contributed by atoms with van der Waals surface area (Å²) in [7, 11) is 0. The number of hydrogen-bond donors (Lipinski definition) is 1. The lowest BCUT2D eigenvalue weighted by molar-refractivity contribution is -0.114. The first-order valence-electron chi connectivity index (χ1n) is 13.0. The third-order valence-electron chi connectivity index (χ3n) is 6.31. The molecule has 2 aromatic carbocycles. The zero-order valence-electron chi connectivity index (χ0n) is 22.9. The lowest BCUT2D eigenvalue weighted by Gasteiger charge is -2.31. The van der Waals surface area contributed by atoms with E-state index in [1.54, 1.807) is 41.4 Å². The molecule has 0 atom stereocenters. The Hall–Kier alpha value is -4.91. The second kappa shape index (κ2) is 10.7. The van der Waals surface area contributed by atoms with Gasteiger partial charge >= 0.3 is 6.09 Å². The number of aromatic nitrogens is 3. The summed E-state index contributed by atoms with van der Waals surface area (Å²) in [5.74, 6) is 1.25. The normalized spacial score (nSPS) is 12.9. The number of anilines is 1. The maximum Gasteiger partial charge on any atom is 0.410 e. The Balaban J connectivity index is 1.49. The summed E-state index contributed by atoms with van der Waals surface area (Å²) in [6.07, 6.45) is 2.11. The molecule has 4 aromatic rings. The topological polar surface area (TPSA) is 122 Å². The molecular formula is C30H30N6O4. The molecule has 10 nitrogen and oxygen atoms in total. The highest BCUT2D eigenvalue weighted by molar-refractivity contribution is 5.88. The Morgan fingerprint density at radius 1 is 1.12 bits per heavy atom. The number of ether oxygens (including phenoxy) is 2. The lowest BCUT2D eigenvalue weighted by atomic mass is 9.99. The van der Waals surface area contributed by atoms with Crippen molar-refractivity contribution in [3.05, 3.63) is 71.7 Å². The lowest BCUT2D eigenvalue weighted by Crippen LogP contribution is -2.39. The van der Waals surface area contributed by atoms with Crippen molar-refractivity contribution in [3.63, 3.8) is 0 Å². The van der Waals surface area contributed by atoms with Gasteiger partial charge in [-0.2, -0.15) is 5.26 Å². The van der Waals surface area contributed by atoms with E-state index in [0.717, 1.165) is 23.2 Å².